The second-order valence-electron chi connectivity index (χ2n) is 4.80. The molecular weight excluding hydrogens is 297 g/mol. The Balaban J connectivity index is 2.15. The van der Waals surface area contributed by atoms with Crippen LogP contribution in [0.1, 0.15) is 5.56 Å². The fourth-order valence-corrected chi connectivity index (χ4v) is 2.63. The van der Waals surface area contributed by atoms with Crippen LogP contribution in [0.2, 0.25) is 0 Å². The number of sulfone groups is 1. The number of hydrogen-bond acceptors (Lipinski definition) is 4. The van der Waals surface area contributed by atoms with Crippen LogP contribution < -0.4 is 5.73 Å². The number of ether oxygens (including phenoxy) is 1. The number of nitrogens with two attached hydrogens (primary N) is 1. The fourth-order valence-electron chi connectivity index (χ4n) is 1.96. The molecule has 6 nitrogen and oxygen atoms in total. The van der Waals surface area contributed by atoms with Gasteiger partial charge < -0.3 is 15.4 Å². The third-order valence-electron chi connectivity index (χ3n) is 3.19. The van der Waals surface area contributed by atoms with Crippen molar-refractivity contribution in [3.63, 3.8) is 0 Å². The number of hydrogen-bond donors (Lipinski definition) is 1. The number of rotatable bonds is 3. The molecule has 0 saturated carbocycles. The molecule has 0 unspecified atom stereocenters. The molecule has 1 heterocycles. The summed E-state index contributed by atoms with van der Waals surface area (Å²) in [5, 5.41) is 0. The van der Waals surface area contributed by atoms with Crippen molar-refractivity contribution in [2.24, 2.45) is 10.7 Å². The summed E-state index contributed by atoms with van der Waals surface area (Å²) in [5.41, 5.74) is 6.05. The lowest BCUT2D eigenvalue weighted by Gasteiger charge is -2.27. The zero-order chi connectivity index (χ0) is 15.5. The molecule has 0 spiro atoms. The van der Waals surface area contributed by atoms with Gasteiger partial charge in [0.05, 0.1) is 24.7 Å². The molecule has 0 radical (unpaired) electrons. The quantitative estimate of drug-likeness (QED) is 0.495. The summed E-state index contributed by atoms with van der Waals surface area (Å²) in [6.45, 7) is 2.43. The van der Waals surface area contributed by atoms with Gasteiger partial charge in [-0.05, 0) is 18.2 Å². The highest BCUT2D eigenvalue weighted by Crippen LogP contribution is 2.16. The number of guanidine groups is 1. The summed E-state index contributed by atoms with van der Waals surface area (Å²) in [4.78, 5) is 6.05. The fraction of sp³-hybridized carbons (Fsp3) is 0.462. The van der Waals surface area contributed by atoms with Crippen molar-refractivity contribution in [2.45, 2.75) is 11.4 Å². The predicted molar refractivity (Wildman–Crippen MR) is 77.2 cm³/mol. The second-order valence-corrected chi connectivity index (χ2v) is 6.81. The van der Waals surface area contributed by atoms with E-state index in [1.165, 1.54) is 12.1 Å². The van der Waals surface area contributed by atoms with E-state index in [1.807, 2.05) is 4.90 Å². The van der Waals surface area contributed by atoms with Crippen molar-refractivity contribution in [1.29, 1.82) is 0 Å². The van der Waals surface area contributed by atoms with E-state index >= 15 is 0 Å². The van der Waals surface area contributed by atoms with Gasteiger partial charge >= 0.3 is 0 Å². The van der Waals surface area contributed by atoms with Gasteiger partial charge in [0.1, 0.15) is 5.82 Å². The Bertz CT molecular complexity index is 640. The van der Waals surface area contributed by atoms with Crippen LogP contribution in [0.5, 0.6) is 0 Å². The Morgan fingerprint density at radius 2 is 2.10 bits per heavy atom. The van der Waals surface area contributed by atoms with E-state index in [0.717, 1.165) is 12.3 Å². The second kappa shape index (κ2) is 6.40. The molecular formula is C13H18FN3O3S. The van der Waals surface area contributed by atoms with E-state index in [1.54, 1.807) is 0 Å². The first kappa shape index (κ1) is 15.7. The Morgan fingerprint density at radius 3 is 2.71 bits per heavy atom. The first-order chi connectivity index (χ1) is 9.88. The molecule has 1 fully saturated rings. The van der Waals surface area contributed by atoms with Crippen molar-refractivity contribution in [3.8, 4) is 0 Å². The number of halogens is 1. The van der Waals surface area contributed by atoms with Crippen molar-refractivity contribution in [3.05, 3.63) is 29.6 Å². The van der Waals surface area contributed by atoms with Gasteiger partial charge in [0.15, 0.2) is 15.8 Å². The van der Waals surface area contributed by atoms with Gasteiger partial charge in [-0.1, -0.05) is 0 Å². The average Bonchev–Trinajstić information content (AvgIpc) is 2.45. The maximum atomic E-state index is 13.7. The van der Waals surface area contributed by atoms with Gasteiger partial charge in [-0.3, -0.25) is 0 Å². The van der Waals surface area contributed by atoms with E-state index < -0.39 is 15.7 Å². The van der Waals surface area contributed by atoms with Crippen molar-refractivity contribution in [2.75, 3.05) is 32.6 Å². The number of morpholine rings is 1. The summed E-state index contributed by atoms with van der Waals surface area (Å²) in [5.74, 6) is -0.191. The molecule has 1 aliphatic heterocycles. The third-order valence-corrected chi connectivity index (χ3v) is 4.30. The van der Waals surface area contributed by atoms with E-state index in [4.69, 9.17) is 10.5 Å². The summed E-state index contributed by atoms with van der Waals surface area (Å²) in [6.07, 6.45) is 1.08. The van der Waals surface area contributed by atoms with E-state index in [2.05, 4.69) is 4.99 Å². The molecule has 116 valence electrons. The SMILES string of the molecule is CS(=O)(=O)c1ccc(F)c(CN=C(N)N2CCOCC2)c1. The van der Waals surface area contributed by atoms with Gasteiger partial charge in [0, 0.05) is 24.9 Å². The molecule has 0 atom stereocenters. The number of aliphatic imine (C=N–C) groups is 1. The van der Waals surface area contributed by atoms with Crippen LogP contribution in [0.25, 0.3) is 0 Å². The van der Waals surface area contributed by atoms with E-state index in [0.29, 0.717) is 32.3 Å². The molecule has 2 N–H and O–H groups in total. The monoisotopic (exact) mass is 315 g/mol. The summed E-state index contributed by atoms with van der Waals surface area (Å²) >= 11 is 0. The standard InChI is InChI=1S/C13H18FN3O3S/c1-21(18,19)11-2-3-12(14)10(8-11)9-16-13(15)17-4-6-20-7-5-17/h2-3,8H,4-7,9H2,1H3,(H2,15,16). The molecule has 1 aromatic rings. The molecule has 0 bridgehead atoms. The molecule has 1 aromatic carbocycles. The van der Waals surface area contributed by atoms with Crippen LogP contribution in [0.3, 0.4) is 0 Å². The third kappa shape index (κ3) is 4.15. The Kier molecular flexibility index (Phi) is 4.79. The molecule has 0 aromatic heterocycles. The van der Waals surface area contributed by atoms with Crippen molar-refractivity contribution < 1.29 is 17.5 Å². The van der Waals surface area contributed by atoms with Gasteiger partial charge in [-0.15, -0.1) is 0 Å². The summed E-state index contributed by atoms with van der Waals surface area (Å²) < 4.78 is 41.9. The highest BCUT2D eigenvalue weighted by Gasteiger charge is 2.14. The molecule has 0 amide bonds. The highest BCUT2D eigenvalue weighted by atomic mass is 32.2. The number of benzene rings is 1. The van der Waals surface area contributed by atoms with Crippen LogP contribution in [-0.4, -0.2) is 51.8 Å². The smallest absolute Gasteiger partial charge is 0.191 e. The van der Waals surface area contributed by atoms with Crippen LogP contribution in [0.15, 0.2) is 28.1 Å². The van der Waals surface area contributed by atoms with Gasteiger partial charge in [-0.2, -0.15) is 0 Å². The minimum atomic E-state index is -3.37. The summed E-state index contributed by atoms with van der Waals surface area (Å²) in [6, 6.07) is 3.66. The van der Waals surface area contributed by atoms with Crippen molar-refractivity contribution >= 4 is 15.8 Å². The zero-order valence-electron chi connectivity index (χ0n) is 11.8. The Labute approximate surface area is 123 Å². The van der Waals surface area contributed by atoms with E-state index in [9.17, 15) is 12.8 Å². The molecule has 21 heavy (non-hydrogen) atoms. The Morgan fingerprint density at radius 1 is 1.43 bits per heavy atom. The average molecular weight is 315 g/mol. The van der Waals surface area contributed by atoms with Crippen LogP contribution in [0.4, 0.5) is 4.39 Å². The highest BCUT2D eigenvalue weighted by molar-refractivity contribution is 7.90. The van der Waals surface area contributed by atoms with Gasteiger partial charge in [-0.25, -0.2) is 17.8 Å². The lowest BCUT2D eigenvalue weighted by molar-refractivity contribution is 0.0674. The lowest BCUT2D eigenvalue weighted by Crippen LogP contribution is -2.44. The number of nitrogens with zero attached hydrogens (tertiary/aromatic N) is 2. The van der Waals surface area contributed by atoms with Crippen LogP contribution in [-0.2, 0) is 21.1 Å². The first-order valence-electron chi connectivity index (χ1n) is 6.49. The van der Waals surface area contributed by atoms with E-state index in [-0.39, 0.29) is 17.0 Å². The topological polar surface area (TPSA) is 85.0 Å². The van der Waals surface area contributed by atoms with Crippen molar-refractivity contribution in [1.82, 2.24) is 4.90 Å². The Hall–Kier alpha value is -1.67. The minimum absolute atomic E-state index is 0.00160. The molecule has 8 heteroatoms. The maximum Gasteiger partial charge on any atom is 0.191 e. The van der Waals surface area contributed by atoms with Gasteiger partial charge in [0.2, 0.25) is 0 Å². The normalized spacial score (nSPS) is 17.0. The molecule has 1 aliphatic rings. The molecule has 1 saturated heterocycles. The molecule has 0 aliphatic carbocycles. The predicted octanol–water partition coefficient (Wildman–Crippen LogP) is 0.376. The maximum absolute atomic E-state index is 13.7. The zero-order valence-corrected chi connectivity index (χ0v) is 12.6. The largest absolute Gasteiger partial charge is 0.378 e. The lowest BCUT2D eigenvalue weighted by atomic mass is 10.2. The molecule has 2 rings (SSSR count). The first-order valence-corrected chi connectivity index (χ1v) is 8.38. The summed E-state index contributed by atoms with van der Waals surface area (Å²) in [7, 11) is -3.37. The van der Waals surface area contributed by atoms with Crippen LogP contribution >= 0.6 is 0 Å². The van der Waals surface area contributed by atoms with Gasteiger partial charge in [0.25, 0.3) is 0 Å². The van der Waals surface area contributed by atoms with Crippen LogP contribution in [0, 0.1) is 5.82 Å². The minimum Gasteiger partial charge on any atom is -0.378 e.